The van der Waals surface area contributed by atoms with Crippen molar-refractivity contribution in [3.8, 4) is 0 Å². The summed E-state index contributed by atoms with van der Waals surface area (Å²) in [6.07, 6.45) is -0.725. The summed E-state index contributed by atoms with van der Waals surface area (Å²) in [5.41, 5.74) is 0. The van der Waals surface area contributed by atoms with Gasteiger partial charge >= 0.3 is 0 Å². The number of nitrogens with one attached hydrogen (secondary N) is 1. The molecule has 14 heavy (non-hydrogen) atoms. The van der Waals surface area contributed by atoms with Crippen LogP contribution in [0.2, 0.25) is 0 Å². The lowest BCUT2D eigenvalue weighted by atomic mass is 10.1. The SMILES string of the molecule is CC(O)C(=O)N1CC2CNCC(C1)O2. The topological polar surface area (TPSA) is 61.8 Å². The predicted octanol–water partition coefficient (Wildman–Crippen LogP) is -1.43. The van der Waals surface area contributed by atoms with Gasteiger partial charge in [-0.25, -0.2) is 0 Å². The molecule has 2 aliphatic rings. The average Bonchev–Trinajstić information content (AvgIpc) is 2.15. The summed E-state index contributed by atoms with van der Waals surface area (Å²) < 4.78 is 5.64. The maximum Gasteiger partial charge on any atom is 0.251 e. The van der Waals surface area contributed by atoms with Crippen LogP contribution in [0.25, 0.3) is 0 Å². The summed E-state index contributed by atoms with van der Waals surface area (Å²) in [5.74, 6) is -0.190. The lowest BCUT2D eigenvalue weighted by Gasteiger charge is -2.42. The number of rotatable bonds is 1. The van der Waals surface area contributed by atoms with Crippen LogP contribution in [-0.4, -0.2) is 60.4 Å². The maximum absolute atomic E-state index is 11.5. The van der Waals surface area contributed by atoms with Crippen molar-refractivity contribution in [2.45, 2.75) is 25.2 Å². The first-order valence-electron chi connectivity index (χ1n) is 5.00. The molecular formula is C9H16N2O3. The standard InChI is InChI=1S/C9H16N2O3/c1-6(12)9(13)11-4-7-2-10-3-8(5-11)14-7/h6-8,10,12H,2-5H2,1H3. The first kappa shape index (κ1) is 9.89. The van der Waals surface area contributed by atoms with E-state index in [1.807, 2.05) is 0 Å². The van der Waals surface area contributed by atoms with Crippen molar-refractivity contribution in [1.29, 1.82) is 0 Å². The summed E-state index contributed by atoms with van der Waals surface area (Å²) in [4.78, 5) is 13.2. The average molecular weight is 200 g/mol. The second-order valence-electron chi connectivity index (χ2n) is 3.96. The molecule has 2 saturated heterocycles. The van der Waals surface area contributed by atoms with Gasteiger partial charge in [-0.3, -0.25) is 4.79 Å². The highest BCUT2D eigenvalue weighted by Crippen LogP contribution is 2.14. The molecule has 5 heteroatoms. The summed E-state index contributed by atoms with van der Waals surface area (Å²) >= 11 is 0. The quantitative estimate of drug-likeness (QED) is 0.544. The molecule has 2 rings (SSSR count). The Kier molecular flexibility index (Phi) is 2.71. The van der Waals surface area contributed by atoms with Crippen molar-refractivity contribution >= 4 is 5.91 Å². The number of ether oxygens (including phenoxy) is 1. The summed E-state index contributed by atoms with van der Waals surface area (Å²) in [6.45, 7) is 4.27. The molecule has 0 aliphatic carbocycles. The number of aliphatic hydroxyl groups excluding tert-OH is 1. The third-order valence-corrected chi connectivity index (χ3v) is 2.65. The van der Waals surface area contributed by atoms with Crippen molar-refractivity contribution < 1.29 is 14.6 Å². The Bertz CT molecular complexity index is 220. The maximum atomic E-state index is 11.5. The number of hydrogen-bond acceptors (Lipinski definition) is 4. The molecule has 0 aromatic carbocycles. The van der Waals surface area contributed by atoms with Crippen LogP contribution in [0, 0.1) is 0 Å². The van der Waals surface area contributed by atoms with Gasteiger partial charge < -0.3 is 20.1 Å². The Morgan fingerprint density at radius 1 is 1.50 bits per heavy atom. The molecule has 1 amide bonds. The second kappa shape index (κ2) is 3.84. The van der Waals surface area contributed by atoms with Gasteiger partial charge in [-0.2, -0.15) is 0 Å². The molecule has 5 nitrogen and oxygen atoms in total. The van der Waals surface area contributed by atoms with Gasteiger partial charge in [-0.05, 0) is 6.92 Å². The first-order valence-corrected chi connectivity index (χ1v) is 5.00. The normalized spacial score (nSPS) is 34.0. The second-order valence-corrected chi connectivity index (χ2v) is 3.96. The Balaban J connectivity index is 1.98. The lowest BCUT2D eigenvalue weighted by Crippen LogP contribution is -2.60. The van der Waals surface area contributed by atoms with Crippen molar-refractivity contribution in [3.05, 3.63) is 0 Å². The Hall–Kier alpha value is -0.650. The van der Waals surface area contributed by atoms with Gasteiger partial charge in [-0.15, -0.1) is 0 Å². The van der Waals surface area contributed by atoms with E-state index in [0.29, 0.717) is 13.1 Å². The van der Waals surface area contributed by atoms with Crippen LogP contribution in [0.3, 0.4) is 0 Å². The summed E-state index contributed by atoms with van der Waals surface area (Å²) in [6, 6.07) is 0. The monoisotopic (exact) mass is 200 g/mol. The number of hydrogen-bond donors (Lipinski definition) is 2. The lowest BCUT2D eigenvalue weighted by molar-refractivity contribution is -0.156. The van der Waals surface area contributed by atoms with Crippen LogP contribution in [0.5, 0.6) is 0 Å². The fourth-order valence-corrected chi connectivity index (χ4v) is 2.00. The van der Waals surface area contributed by atoms with E-state index in [1.54, 1.807) is 4.90 Å². The molecular weight excluding hydrogens is 184 g/mol. The third-order valence-electron chi connectivity index (χ3n) is 2.65. The van der Waals surface area contributed by atoms with Gasteiger partial charge in [0, 0.05) is 26.2 Å². The van der Waals surface area contributed by atoms with Crippen LogP contribution in [0.4, 0.5) is 0 Å². The van der Waals surface area contributed by atoms with E-state index in [0.717, 1.165) is 13.1 Å². The van der Waals surface area contributed by atoms with Gasteiger partial charge in [0.1, 0.15) is 6.10 Å². The van der Waals surface area contributed by atoms with Crippen LogP contribution in [0.15, 0.2) is 0 Å². The molecule has 0 saturated carbocycles. The highest BCUT2D eigenvalue weighted by atomic mass is 16.5. The van der Waals surface area contributed by atoms with Gasteiger partial charge in [0.25, 0.3) is 5.91 Å². The van der Waals surface area contributed by atoms with Gasteiger partial charge in [-0.1, -0.05) is 0 Å². The fourth-order valence-electron chi connectivity index (χ4n) is 2.00. The molecule has 2 fully saturated rings. The number of aliphatic hydroxyl groups is 1. The molecule has 2 bridgehead atoms. The predicted molar refractivity (Wildman–Crippen MR) is 49.8 cm³/mol. The molecule has 2 heterocycles. The number of amides is 1. The smallest absolute Gasteiger partial charge is 0.251 e. The van der Waals surface area contributed by atoms with Crippen molar-refractivity contribution in [3.63, 3.8) is 0 Å². The van der Waals surface area contributed by atoms with E-state index in [2.05, 4.69) is 5.32 Å². The zero-order valence-electron chi connectivity index (χ0n) is 8.27. The zero-order valence-corrected chi connectivity index (χ0v) is 8.27. The molecule has 2 N–H and O–H groups in total. The number of nitrogens with zero attached hydrogens (tertiary/aromatic N) is 1. The van der Waals surface area contributed by atoms with E-state index in [9.17, 15) is 9.90 Å². The fraction of sp³-hybridized carbons (Fsp3) is 0.889. The highest BCUT2D eigenvalue weighted by molar-refractivity contribution is 5.80. The number of carbonyl (C=O) groups excluding carboxylic acids is 1. The molecule has 80 valence electrons. The molecule has 0 aromatic heterocycles. The van der Waals surface area contributed by atoms with Crippen LogP contribution >= 0.6 is 0 Å². The molecule has 3 atom stereocenters. The van der Waals surface area contributed by atoms with E-state index in [4.69, 9.17) is 4.74 Å². The van der Waals surface area contributed by atoms with Crippen LogP contribution in [-0.2, 0) is 9.53 Å². The molecule has 3 unspecified atom stereocenters. The molecule has 0 aromatic rings. The molecule has 0 spiro atoms. The molecule has 2 aliphatic heterocycles. The molecule has 0 radical (unpaired) electrons. The first-order chi connectivity index (χ1) is 6.66. The third kappa shape index (κ3) is 1.89. The number of carbonyl (C=O) groups is 1. The van der Waals surface area contributed by atoms with E-state index < -0.39 is 6.10 Å². The Morgan fingerprint density at radius 3 is 2.57 bits per heavy atom. The Labute approximate surface area is 83.0 Å². The van der Waals surface area contributed by atoms with Gasteiger partial charge in [0.2, 0.25) is 0 Å². The number of morpholine rings is 2. The minimum absolute atomic E-state index is 0.0881. The Morgan fingerprint density at radius 2 is 2.07 bits per heavy atom. The number of fused-ring (bicyclic) bond motifs is 2. The summed E-state index contributed by atoms with van der Waals surface area (Å²) in [5, 5.41) is 12.4. The van der Waals surface area contributed by atoms with E-state index in [-0.39, 0.29) is 18.1 Å². The minimum atomic E-state index is -0.901. The van der Waals surface area contributed by atoms with Crippen LogP contribution < -0.4 is 5.32 Å². The van der Waals surface area contributed by atoms with Gasteiger partial charge in [0.05, 0.1) is 12.2 Å². The zero-order chi connectivity index (χ0) is 10.1. The van der Waals surface area contributed by atoms with Crippen LogP contribution in [0.1, 0.15) is 6.92 Å². The van der Waals surface area contributed by atoms with Crippen molar-refractivity contribution in [2.75, 3.05) is 26.2 Å². The van der Waals surface area contributed by atoms with Crippen molar-refractivity contribution in [1.82, 2.24) is 10.2 Å². The van der Waals surface area contributed by atoms with Gasteiger partial charge in [0.15, 0.2) is 0 Å². The van der Waals surface area contributed by atoms with E-state index in [1.165, 1.54) is 6.92 Å². The minimum Gasteiger partial charge on any atom is -0.384 e. The highest BCUT2D eigenvalue weighted by Gasteiger charge is 2.34. The largest absolute Gasteiger partial charge is 0.384 e. The summed E-state index contributed by atoms with van der Waals surface area (Å²) in [7, 11) is 0. The van der Waals surface area contributed by atoms with E-state index >= 15 is 0 Å². The van der Waals surface area contributed by atoms with Crippen molar-refractivity contribution in [2.24, 2.45) is 0 Å².